The van der Waals surface area contributed by atoms with Crippen molar-refractivity contribution in [1.82, 2.24) is 0 Å². The van der Waals surface area contributed by atoms with E-state index in [1.165, 1.54) is 24.3 Å². The van der Waals surface area contributed by atoms with Gasteiger partial charge in [-0.15, -0.1) is 0 Å². The van der Waals surface area contributed by atoms with Gasteiger partial charge in [0.1, 0.15) is 11.6 Å². The molecule has 1 N–H and O–H groups in total. The number of ether oxygens (including phenoxy) is 1. The van der Waals surface area contributed by atoms with Gasteiger partial charge in [-0.1, -0.05) is 47.5 Å². The van der Waals surface area contributed by atoms with Crippen molar-refractivity contribution in [1.29, 1.82) is 0 Å². The Hall–Kier alpha value is -1.71. The van der Waals surface area contributed by atoms with Crippen molar-refractivity contribution in [2.45, 2.75) is 6.42 Å². The van der Waals surface area contributed by atoms with E-state index in [1.54, 1.807) is 6.07 Å². The van der Waals surface area contributed by atoms with E-state index in [4.69, 9.17) is 27.9 Å². The highest BCUT2D eigenvalue weighted by Gasteiger charge is 2.08. The van der Waals surface area contributed by atoms with Gasteiger partial charge < -0.3 is 9.84 Å². The minimum atomic E-state index is -0.268. The molecule has 2 aromatic carbocycles. The largest absolute Gasteiger partial charge is 0.508 e. The van der Waals surface area contributed by atoms with E-state index in [9.17, 15) is 9.50 Å². The summed E-state index contributed by atoms with van der Waals surface area (Å²) >= 11 is 11.9. The van der Waals surface area contributed by atoms with E-state index in [2.05, 4.69) is 0 Å². The molecule has 0 spiro atoms. The van der Waals surface area contributed by atoms with E-state index in [0.29, 0.717) is 18.8 Å². The third-order valence-electron chi connectivity index (χ3n) is 2.67. The van der Waals surface area contributed by atoms with Crippen molar-refractivity contribution in [3.8, 4) is 11.5 Å². The molecule has 21 heavy (non-hydrogen) atoms. The maximum atomic E-state index is 13.0. The molecule has 0 bridgehead atoms. The summed E-state index contributed by atoms with van der Waals surface area (Å²) in [5.41, 5.74) is 0.788. The van der Waals surface area contributed by atoms with Crippen molar-refractivity contribution in [3.05, 3.63) is 63.9 Å². The predicted molar refractivity (Wildman–Crippen MR) is 83.7 cm³/mol. The normalized spacial score (nSPS) is 11.0. The van der Waals surface area contributed by atoms with E-state index in [1.807, 2.05) is 18.2 Å². The Morgan fingerprint density at radius 2 is 1.86 bits per heavy atom. The quantitative estimate of drug-likeness (QED) is 0.753. The second-order valence-corrected chi connectivity index (χ2v) is 5.15. The summed E-state index contributed by atoms with van der Waals surface area (Å²) in [5, 5.41) is 9.83. The lowest BCUT2D eigenvalue weighted by Crippen LogP contribution is -1.97. The molecule has 0 radical (unpaired) electrons. The van der Waals surface area contributed by atoms with Gasteiger partial charge in [-0.2, -0.15) is 0 Å². The maximum absolute atomic E-state index is 13.0. The summed E-state index contributed by atoms with van der Waals surface area (Å²) in [7, 11) is 0. The zero-order chi connectivity index (χ0) is 15.2. The Morgan fingerprint density at radius 3 is 2.52 bits per heavy atom. The molecule has 110 valence electrons. The van der Waals surface area contributed by atoms with Crippen LogP contribution in [0.15, 0.2) is 42.5 Å². The molecule has 0 saturated carbocycles. The van der Waals surface area contributed by atoms with Crippen LogP contribution in [0.25, 0.3) is 6.08 Å². The lowest BCUT2D eigenvalue weighted by atomic mass is 10.2. The summed E-state index contributed by atoms with van der Waals surface area (Å²) in [5.74, 6) is 0.0645. The van der Waals surface area contributed by atoms with Gasteiger partial charge in [0, 0.05) is 12.1 Å². The van der Waals surface area contributed by atoms with Gasteiger partial charge in [-0.05, 0) is 24.1 Å². The Morgan fingerprint density at radius 1 is 1.14 bits per heavy atom. The van der Waals surface area contributed by atoms with Gasteiger partial charge in [0.25, 0.3) is 0 Å². The summed E-state index contributed by atoms with van der Waals surface area (Å²) in [6.45, 7) is 0.371. The number of halogens is 3. The molecule has 0 atom stereocenters. The lowest BCUT2D eigenvalue weighted by molar-refractivity contribution is 0.325. The molecule has 5 heteroatoms. The third-order valence-corrected chi connectivity index (χ3v) is 3.23. The smallest absolute Gasteiger partial charge is 0.156 e. The number of aromatic hydroxyl groups is 1. The van der Waals surface area contributed by atoms with Crippen LogP contribution in [0.2, 0.25) is 10.0 Å². The Bertz CT molecular complexity index is 633. The van der Waals surface area contributed by atoms with Crippen molar-refractivity contribution in [3.63, 3.8) is 0 Å². The molecular formula is C16H13Cl2FO2. The molecule has 2 aromatic rings. The minimum absolute atomic E-state index is 0.0108. The van der Waals surface area contributed by atoms with Gasteiger partial charge >= 0.3 is 0 Å². The maximum Gasteiger partial charge on any atom is 0.156 e. The fourth-order valence-electron chi connectivity index (χ4n) is 1.74. The molecular weight excluding hydrogens is 314 g/mol. The van der Waals surface area contributed by atoms with Crippen molar-refractivity contribution in [2.75, 3.05) is 6.61 Å². The molecule has 0 fully saturated rings. The molecule has 0 saturated heterocycles. The number of hydrogen-bond acceptors (Lipinski definition) is 2. The van der Waals surface area contributed by atoms with Gasteiger partial charge in [0.05, 0.1) is 16.7 Å². The van der Waals surface area contributed by atoms with E-state index < -0.39 is 0 Å². The van der Waals surface area contributed by atoms with E-state index in [0.717, 1.165) is 5.56 Å². The summed E-state index contributed by atoms with van der Waals surface area (Å²) in [6, 6.07) is 9.05. The average molecular weight is 327 g/mol. The second-order valence-electron chi connectivity index (χ2n) is 4.33. The Kier molecular flexibility index (Phi) is 5.48. The molecule has 2 rings (SSSR count). The average Bonchev–Trinajstić information content (AvgIpc) is 2.41. The summed E-state index contributed by atoms with van der Waals surface area (Å²) in [6.07, 6.45) is 4.30. The first-order valence-electron chi connectivity index (χ1n) is 6.29. The van der Waals surface area contributed by atoms with Crippen LogP contribution in [-0.2, 0) is 0 Å². The van der Waals surface area contributed by atoms with Crippen LogP contribution in [0.5, 0.6) is 11.5 Å². The second kappa shape index (κ2) is 7.34. The lowest BCUT2D eigenvalue weighted by Gasteiger charge is -2.09. The fourth-order valence-corrected chi connectivity index (χ4v) is 2.33. The highest BCUT2D eigenvalue weighted by Crippen LogP contribution is 2.36. The SMILES string of the molecule is Oc1cc(Cl)c(OCC/C=C/c2cccc(F)c2)c(Cl)c1. The van der Waals surface area contributed by atoms with E-state index >= 15 is 0 Å². The molecule has 0 aliphatic heterocycles. The molecule has 0 aliphatic carbocycles. The summed E-state index contributed by atoms with van der Waals surface area (Å²) < 4.78 is 18.5. The first-order valence-corrected chi connectivity index (χ1v) is 7.05. The fraction of sp³-hybridized carbons (Fsp3) is 0.125. The zero-order valence-electron chi connectivity index (χ0n) is 11.0. The first kappa shape index (κ1) is 15.7. The number of phenolic OH excluding ortho intramolecular Hbond substituents is 1. The van der Waals surface area contributed by atoms with E-state index in [-0.39, 0.29) is 21.6 Å². The number of phenols is 1. The standard InChI is InChI=1S/C16H13Cl2FO2/c17-14-9-13(20)10-15(18)16(14)21-7-2-1-4-11-5-3-6-12(19)8-11/h1,3-6,8-10,20H,2,7H2/b4-1+. The van der Waals surface area contributed by atoms with Crippen LogP contribution in [0.3, 0.4) is 0 Å². The predicted octanol–water partition coefficient (Wildman–Crippen LogP) is 5.32. The van der Waals surface area contributed by atoms with Crippen LogP contribution >= 0.6 is 23.2 Å². The van der Waals surface area contributed by atoms with Crippen LogP contribution in [0.4, 0.5) is 4.39 Å². The van der Waals surface area contributed by atoms with Crippen LogP contribution in [-0.4, -0.2) is 11.7 Å². The molecule has 0 amide bonds. The van der Waals surface area contributed by atoms with Crippen LogP contribution in [0.1, 0.15) is 12.0 Å². The van der Waals surface area contributed by atoms with Gasteiger partial charge in [-0.3, -0.25) is 0 Å². The third kappa shape index (κ3) is 4.66. The highest BCUT2D eigenvalue weighted by atomic mass is 35.5. The number of benzene rings is 2. The van der Waals surface area contributed by atoms with Gasteiger partial charge in [0.15, 0.2) is 5.75 Å². The first-order chi connectivity index (χ1) is 10.1. The molecule has 0 heterocycles. The minimum Gasteiger partial charge on any atom is -0.508 e. The summed E-state index contributed by atoms with van der Waals surface area (Å²) in [4.78, 5) is 0. The van der Waals surface area contributed by atoms with Crippen molar-refractivity contribution >= 4 is 29.3 Å². The Balaban J connectivity index is 1.88. The molecule has 2 nitrogen and oxygen atoms in total. The van der Waals surface area contributed by atoms with Crippen molar-refractivity contribution in [2.24, 2.45) is 0 Å². The number of hydrogen-bond donors (Lipinski definition) is 1. The van der Waals surface area contributed by atoms with Crippen molar-refractivity contribution < 1.29 is 14.2 Å². The van der Waals surface area contributed by atoms with Crippen LogP contribution < -0.4 is 4.74 Å². The van der Waals surface area contributed by atoms with Gasteiger partial charge in [-0.25, -0.2) is 4.39 Å². The van der Waals surface area contributed by atoms with Crippen LogP contribution in [0, 0.1) is 5.82 Å². The zero-order valence-corrected chi connectivity index (χ0v) is 12.5. The number of rotatable bonds is 5. The Labute approximate surface area is 132 Å². The van der Waals surface area contributed by atoms with Gasteiger partial charge in [0.2, 0.25) is 0 Å². The highest BCUT2D eigenvalue weighted by molar-refractivity contribution is 6.37. The topological polar surface area (TPSA) is 29.5 Å². The monoisotopic (exact) mass is 326 g/mol. The molecule has 0 unspecified atom stereocenters. The molecule has 0 aromatic heterocycles. The molecule has 0 aliphatic rings.